The minimum atomic E-state index is -3.53. The Balaban J connectivity index is 2.36. The fourth-order valence-electron chi connectivity index (χ4n) is 2.87. The van der Waals surface area contributed by atoms with Crippen LogP contribution in [0, 0.1) is 0 Å². The first-order chi connectivity index (χ1) is 12.9. The van der Waals surface area contributed by atoms with Crippen molar-refractivity contribution in [3.05, 3.63) is 26.7 Å². The first kappa shape index (κ1) is 21.7. The fraction of sp³-hybridized carbons (Fsp3) is 0.647. The standard InChI is InChI=1S/C17H25F2N5O4/c1-10(25)7-5-6-8-24-14(26)12-13(23(4)16(24)28)21-11(22(12)3)9-20-15(27)17(2,18)19/h10,25H,5-9H2,1-4H3,(H,20,27)/t10-/m1/s1. The van der Waals surface area contributed by atoms with Gasteiger partial charge in [-0.25, -0.2) is 9.78 Å². The van der Waals surface area contributed by atoms with E-state index >= 15 is 0 Å². The highest BCUT2D eigenvalue weighted by Gasteiger charge is 2.32. The second-order valence-electron chi connectivity index (χ2n) is 6.97. The van der Waals surface area contributed by atoms with Crippen LogP contribution in [0.2, 0.25) is 0 Å². The summed E-state index contributed by atoms with van der Waals surface area (Å²) in [5, 5.41) is 11.4. The van der Waals surface area contributed by atoms with Crippen LogP contribution in [-0.4, -0.2) is 41.7 Å². The molecule has 2 rings (SSSR count). The molecule has 0 aliphatic heterocycles. The van der Waals surface area contributed by atoms with Gasteiger partial charge in [-0.05, 0) is 26.2 Å². The Morgan fingerprint density at radius 1 is 1.25 bits per heavy atom. The zero-order chi connectivity index (χ0) is 21.2. The number of imidazole rings is 1. The molecule has 0 bridgehead atoms. The number of carbonyl (C=O) groups excluding carboxylic acids is 1. The third-order valence-electron chi connectivity index (χ3n) is 4.51. The molecule has 2 aromatic rings. The highest BCUT2D eigenvalue weighted by atomic mass is 19.3. The molecule has 28 heavy (non-hydrogen) atoms. The van der Waals surface area contributed by atoms with Crippen molar-refractivity contribution in [2.45, 2.75) is 58.2 Å². The maximum absolute atomic E-state index is 13.0. The van der Waals surface area contributed by atoms with Gasteiger partial charge in [0.15, 0.2) is 11.2 Å². The van der Waals surface area contributed by atoms with E-state index in [9.17, 15) is 28.3 Å². The smallest absolute Gasteiger partial charge is 0.332 e. The minimum Gasteiger partial charge on any atom is -0.393 e. The van der Waals surface area contributed by atoms with Crippen LogP contribution < -0.4 is 16.6 Å². The average Bonchev–Trinajstić information content (AvgIpc) is 2.92. The Hall–Kier alpha value is -2.56. The van der Waals surface area contributed by atoms with Crippen molar-refractivity contribution in [2.24, 2.45) is 14.1 Å². The summed E-state index contributed by atoms with van der Waals surface area (Å²) in [7, 11) is 2.98. The molecule has 0 aliphatic carbocycles. The lowest BCUT2D eigenvalue weighted by Gasteiger charge is -2.10. The number of aliphatic hydroxyl groups is 1. The Kier molecular flexibility index (Phi) is 6.37. The third kappa shape index (κ3) is 4.46. The number of alkyl halides is 2. The molecule has 1 atom stereocenters. The van der Waals surface area contributed by atoms with Crippen molar-refractivity contribution in [1.82, 2.24) is 24.0 Å². The number of carbonyl (C=O) groups is 1. The molecule has 11 heteroatoms. The number of halogens is 2. The summed E-state index contributed by atoms with van der Waals surface area (Å²) < 4.78 is 29.7. The van der Waals surface area contributed by atoms with Gasteiger partial charge in [-0.15, -0.1) is 0 Å². The lowest BCUT2D eigenvalue weighted by atomic mass is 10.2. The first-order valence-corrected chi connectivity index (χ1v) is 8.94. The van der Waals surface area contributed by atoms with E-state index in [1.165, 1.54) is 23.2 Å². The molecule has 156 valence electrons. The summed E-state index contributed by atoms with van der Waals surface area (Å²) in [5.41, 5.74) is -0.817. The second kappa shape index (κ2) is 8.21. The Morgan fingerprint density at radius 2 is 1.89 bits per heavy atom. The maximum atomic E-state index is 13.0. The Morgan fingerprint density at radius 3 is 2.46 bits per heavy atom. The monoisotopic (exact) mass is 401 g/mol. The van der Waals surface area contributed by atoms with E-state index in [1.54, 1.807) is 6.92 Å². The number of nitrogens with zero attached hydrogens (tertiary/aromatic N) is 4. The molecule has 2 heterocycles. The molecule has 0 fully saturated rings. The van der Waals surface area contributed by atoms with Gasteiger partial charge in [0.2, 0.25) is 0 Å². The molecule has 2 N–H and O–H groups in total. The third-order valence-corrected chi connectivity index (χ3v) is 4.51. The summed E-state index contributed by atoms with van der Waals surface area (Å²) in [6, 6.07) is 0. The number of aliphatic hydroxyl groups excluding tert-OH is 1. The number of nitrogens with one attached hydrogen (secondary N) is 1. The molecular weight excluding hydrogens is 376 g/mol. The molecule has 2 aromatic heterocycles. The van der Waals surface area contributed by atoms with Crippen LogP contribution in [0.5, 0.6) is 0 Å². The number of hydrogen-bond acceptors (Lipinski definition) is 5. The first-order valence-electron chi connectivity index (χ1n) is 8.94. The van der Waals surface area contributed by atoms with Crippen LogP contribution in [0.1, 0.15) is 38.9 Å². The molecule has 0 radical (unpaired) electrons. The fourth-order valence-corrected chi connectivity index (χ4v) is 2.87. The van der Waals surface area contributed by atoms with E-state index < -0.39 is 29.2 Å². The number of amides is 1. The zero-order valence-electron chi connectivity index (χ0n) is 16.3. The van der Waals surface area contributed by atoms with E-state index in [0.29, 0.717) is 26.2 Å². The molecule has 0 saturated heterocycles. The van der Waals surface area contributed by atoms with Gasteiger partial charge in [-0.3, -0.25) is 18.7 Å². The van der Waals surface area contributed by atoms with Crippen molar-refractivity contribution >= 4 is 17.1 Å². The van der Waals surface area contributed by atoms with Gasteiger partial charge in [-0.1, -0.05) is 0 Å². The summed E-state index contributed by atoms with van der Waals surface area (Å²) >= 11 is 0. The number of aryl methyl sites for hydroxylation is 2. The zero-order valence-corrected chi connectivity index (χ0v) is 16.3. The van der Waals surface area contributed by atoms with Crippen LogP contribution in [0.3, 0.4) is 0 Å². The Labute approximate surface area is 159 Å². The molecule has 0 aromatic carbocycles. The van der Waals surface area contributed by atoms with E-state index in [4.69, 9.17) is 0 Å². The number of hydrogen-bond donors (Lipinski definition) is 2. The Bertz CT molecular complexity index is 985. The highest BCUT2D eigenvalue weighted by Crippen LogP contribution is 2.13. The number of rotatable bonds is 8. The summed E-state index contributed by atoms with van der Waals surface area (Å²) in [4.78, 5) is 40.8. The van der Waals surface area contributed by atoms with Crippen LogP contribution in [0.15, 0.2) is 9.59 Å². The van der Waals surface area contributed by atoms with E-state index in [-0.39, 0.29) is 30.1 Å². The van der Waals surface area contributed by atoms with Gasteiger partial charge in [0, 0.05) is 27.6 Å². The van der Waals surface area contributed by atoms with E-state index in [0.717, 1.165) is 4.57 Å². The second-order valence-corrected chi connectivity index (χ2v) is 6.97. The van der Waals surface area contributed by atoms with Gasteiger partial charge in [0.05, 0.1) is 12.6 Å². The molecule has 9 nitrogen and oxygen atoms in total. The van der Waals surface area contributed by atoms with Gasteiger partial charge in [0.25, 0.3) is 11.5 Å². The van der Waals surface area contributed by atoms with Crippen molar-refractivity contribution in [3.8, 4) is 0 Å². The summed E-state index contributed by atoms with van der Waals surface area (Å²) in [6.45, 7) is 2.03. The highest BCUT2D eigenvalue weighted by molar-refractivity contribution is 5.82. The van der Waals surface area contributed by atoms with Crippen LogP contribution in [0.25, 0.3) is 11.2 Å². The molecule has 1 amide bonds. The average molecular weight is 401 g/mol. The van der Waals surface area contributed by atoms with Gasteiger partial charge in [0.1, 0.15) is 5.82 Å². The number of unbranched alkanes of at least 4 members (excludes halogenated alkanes) is 1. The lowest BCUT2D eigenvalue weighted by molar-refractivity contribution is -0.143. The van der Waals surface area contributed by atoms with Crippen LogP contribution in [-0.2, 0) is 32.0 Å². The quantitative estimate of drug-likeness (QED) is 0.617. The molecular formula is C17H25F2N5O4. The van der Waals surface area contributed by atoms with Gasteiger partial charge < -0.3 is 15.0 Å². The van der Waals surface area contributed by atoms with Gasteiger partial charge >= 0.3 is 11.6 Å². The van der Waals surface area contributed by atoms with Crippen molar-refractivity contribution < 1.29 is 18.7 Å². The van der Waals surface area contributed by atoms with Crippen molar-refractivity contribution in [1.29, 1.82) is 0 Å². The largest absolute Gasteiger partial charge is 0.393 e. The van der Waals surface area contributed by atoms with Gasteiger partial charge in [-0.2, -0.15) is 8.78 Å². The molecule has 0 unspecified atom stereocenters. The minimum absolute atomic E-state index is 0.116. The topological polar surface area (TPSA) is 111 Å². The molecule has 0 saturated carbocycles. The van der Waals surface area contributed by atoms with Crippen molar-refractivity contribution in [3.63, 3.8) is 0 Å². The van der Waals surface area contributed by atoms with Crippen molar-refractivity contribution in [2.75, 3.05) is 0 Å². The summed E-state index contributed by atoms with van der Waals surface area (Å²) in [5.74, 6) is -4.81. The van der Waals surface area contributed by atoms with E-state index in [1.807, 2.05) is 0 Å². The summed E-state index contributed by atoms with van der Waals surface area (Å²) in [6.07, 6.45) is 1.30. The lowest BCUT2D eigenvalue weighted by Crippen LogP contribution is -2.39. The maximum Gasteiger partial charge on any atom is 0.332 e. The molecule has 0 aliphatic rings. The normalized spacial score (nSPS) is 13.1. The SMILES string of the molecule is C[C@@H](O)CCCCn1c(=O)c2c(nc(CNC(=O)C(C)(F)F)n2C)n(C)c1=O. The van der Waals surface area contributed by atoms with E-state index in [2.05, 4.69) is 10.3 Å². The van der Waals surface area contributed by atoms with Crippen LogP contribution in [0.4, 0.5) is 8.78 Å². The number of aromatic nitrogens is 4. The predicted molar refractivity (Wildman–Crippen MR) is 98.2 cm³/mol. The van der Waals surface area contributed by atoms with Crippen LogP contribution >= 0.6 is 0 Å². The predicted octanol–water partition coefficient (Wildman–Crippen LogP) is 0.256. The molecule has 0 spiro atoms. The number of fused-ring (bicyclic) bond motifs is 1.